The van der Waals surface area contributed by atoms with Crippen molar-refractivity contribution in [2.75, 3.05) is 5.32 Å². The summed E-state index contributed by atoms with van der Waals surface area (Å²) in [6.07, 6.45) is 0.804. The molecule has 1 aromatic carbocycles. The number of hydrogen-bond donors (Lipinski definition) is 2. The molecule has 0 aliphatic heterocycles. The van der Waals surface area contributed by atoms with Crippen LogP contribution >= 0.6 is 0 Å². The minimum atomic E-state index is -0.520. The average molecular weight is 236 g/mol. The van der Waals surface area contributed by atoms with E-state index in [2.05, 4.69) is 10.5 Å². The highest BCUT2D eigenvalue weighted by atomic mass is 16.6. The van der Waals surface area contributed by atoms with E-state index >= 15 is 0 Å². The minimum absolute atomic E-state index is 0.499. The summed E-state index contributed by atoms with van der Waals surface area (Å²) >= 11 is 0. The molecule has 0 fully saturated rings. The van der Waals surface area contributed by atoms with E-state index in [9.17, 15) is 4.79 Å². The molecule has 17 heavy (non-hydrogen) atoms. The molecule has 0 aliphatic rings. The number of hydrogen-bond acceptors (Lipinski definition) is 4. The Morgan fingerprint density at radius 2 is 1.94 bits per heavy atom. The Morgan fingerprint density at radius 1 is 1.35 bits per heavy atom. The van der Waals surface area contributed by atoms with E-state index < -0.39 is 11.7 Å². The first-order chi connectivity index (χ1) is 7.90. The predicted molar refractivity (Wildman–Crippen MR) is 65.7 cm³/mol. The number of ether oxygens (including phenoxy) is 1. The number of carbonyl (C=O) groups excluding carboxylic acids is 1. The molecule has 92 valence electrons. The van der Waals surface area contributed by atoms with Crippen LogP contribution in [0.3, 0.4) is 0 Å². The van der Waals surface area contributed by atoms with Crippen LogP contribution in [0.4, 0.5) is 10.5 Å². The fourth-order valence-corrected chi connectivity index (χ4v) is 1.14. The van der Waals surface area contributed by atoms with Crippen LogP contribution in [0.25, 0.3) is 0 Å². The highest BCUT2D eigenvalue weighted by Crippen LogP contribution is 2.12. The predicted octanol–water partition coefficient (Wildman–Crippen LogP) is 2.84. The topological polar surface area (TPSA) is 70.9 Å². The van der Waals surface area contributed by atoms with E-state index in [4.69, 9.17) is 9.94 Å². The number of anilines is 1. The van der Waals surface area contributed by atoms with Gasteiger partial charge < -0.3 is 9.94 Å². The second-order valence-electron chi connectivity index (χ2n) is 4.49. The van der Waals surface area contributed by atoms with Gasteiger partial charge in [-0.05, 0) is 38.5 Å². The van der Waals surface area contributed by atoms with Crippen LogP contribution < -0.4 is 5.32 Å². The second-order valence-corrected chi connectivity index (χ2v) is 4.49. The number of oxime groups is 1. The molecule has 2 N–H and O–H groups in total. The highest BCUT2D eigenvalue weighted by Gasteiger charge is 2.15. The normalized spacial score (nSPS) is 11.5. The molecular formula is C12H16N2O3. The summed E-state index contributed by atoms with van der Waals surface area (Å²) in [4.78, 5) is 11.4. The molecule has 1 aromatic rings. The fraction of sp³-hybridized carbons (Fsp3) is 0.333. The number of carbonyl (C=O) groups is 1. The number of nitrogens with one attached hydrogen (secondary N) is 1. The second kappa shape index (κ2) is 5.34. The third kappa shape index (κ3) is 5.01. The van der Waals surface area contributed by atoms with Crippen molar-refractivity contribution in [1.29, 1.82) is 0 Å². The van der Waals surface area contributed by atoms with Gasteiger partial charge in [-0.1, -0.05) is 17.3 Å². The maximum atomic E-state index is 11.4. The van der Waals surface area contributed by atoms with Gasteiger partial charge >= 0.3 is 6.09 Å². The Balaban J connectivity index is 2.60. The van der Waals surface area contributed by atoms with E-state index in [0.29, 0.717) is 5.69 Å². The molecule has 0 bridgehead atoms. The zero-order valence-electron chi connectivity index (χ0n) is 10.1. The van der Waals surface area contributed by atoms with Gasteiger partial charge in [-0.25, -0.2) is 4.79 Å². The van der Waals surface area contributed by atoms with Crippen LogP contribution in [0.15, 0.2) is 29.4 Å². The van der Waals surface area contributed by atoms with Crippen molar-refractivity contribution in [3.63, 3.8) is 0 Å². The fourth-order valence-electron chi connectivity index (χ4n) is 1.14. The molecule has 0 spiro atoms. The van der Waals surface area contributed by atoms with E-state index in [1.165, 1.54) is 6.21 Å². The van der Waals surface area contributed by atoms with Gasteiger partial charge in [0.25, 0.3) is 0 Å². The molecule has 0 saturated heterocycles. The number of nitrogens with zero attached hydrogens (tertiary/aromatic N) is 1. The molecule has 5 heteroatoms. The van der Waals surface area contributed by atoms with Crippen LogP contribution in [0, 0.1) is 0 Å². The first kappa shape index (κ1) is 13.0. The molecule has 0 atom stereocenters. The summed E-state index contributed by atoms with van der Waals surface area (Å²) in [5, 5.41) is 13.8. The van der Waals surface area contributed by atoms with E-state index in [1.807, 2.05) is 0 Å². The Morgan fingerprint density at radius 3 is 2.41 bits per heavy atom. The van der Waals surface area contributed by atoms with E-state index in [-0.39, 0.29) is 0 Å². The van der Waals surface area contributed by atoms with Crippen molar-refractivity contribution in [3.05, 3.63) is 29.8 Å². The molecule has 0 heterocycles. The number of benzene rings is 1. The van der Waals surface area contributed by atoms with E-state index in [0.717, 1.165) is 5.56 Å². The minimum Gasteiger partial charge on any atom is -0.444 e. The molecule has 0 aromatic heterocycles. The Bertz CT molecular complexity index is 405. The summed E-state index contributed by atoms with van der Waals surface area (Å²) < 4.78 is 5.10. The van der Waals surface area contributed by atoms with Crippen molar-refractivity contribution in [2.24, 2.45) is 5.16 Å². The van der Waals surface area contributed by atoms with E-state index in [1.54, 1.807) is 45.0 Å². The quantitative estimate of drug-likeness (QED) is 0.471. The lowest BCUT2D eigenvalue weighted by Gasteiger charge is -2.19. The summed E-state index contributed by atoms with van der Waals surface area (Å²) in [5.74, 6) is 0. The lowest BCUT2D eigenvalue weighted by atomic mass is 10.2. The van der Waals surface area contributed by atoms with Crippen LogP contribution in [-0.2, 0) is 4.74 Å². The average Bonchev–Trinajstić information content (AvgIpc) is 2.18. The Labute approximate surface area is 100 Å². The van der Waals surface area contributed by atoms with Crippen molar-refractivity contribution in [3.8, 4) is 0 Å². The lowest BCUT2D eigenvalue weighted by Crippen LogP contribution is -2.27. The van der Waals surface area contributed by atoms with Crippen molar-refractivity contribution in [1.82, 2.24) is 0 Å². The van der Waals surface area contributed by atoms with Crippen LogP contribution in [0.2, 0.25) is 0 Å². The summed E-state index contributed by atoms with van der Waals surface area (Å²) in [6.45, 7) is 5.40. The third-order valence-corrected chi connectivity index (χ3v) is 1.76. The van der Waals surface area contributed by atoms with Crippen molar-refractivity contribution < 1.29 is 14.7 Å². The van der Waals surface area contributed by atoms with Gasteiger partial charge in [-0.15, -0.1) is 0 Å². The standard InChI is InChI=1S/C12H16N2O3/c1-12(2,3)17-11(15)14-10-6-4-9(5-7-10)8-13-16/h4-8,16H,1-3H3,(H,14,15)/b13-8-. The van der Waals surface area contributed by atoms with Gasteiger partial charge in [0.05, 0.1) is 6.21 Å². The highest BCUT2D eigenvalue weighted by molar-refractivity contribution is 5.86. The van der Waals surface area contributed by atoms with Gasteiger partial charge in [0.1, 0.15) is 5.60 Å². The zero-order chi connectivity index (χ0) is 12.9. The van der Waals surface area contributed by atoms with Crippen LogP contribution in [-0.4, -0.2) is 23.1 Å². The molecule has 0 unspecified atom stereocenters. The summed E-state index contributed by atoms with van der Waals surface area (Å²) in [7, 11) is 0. The number of amides is 1. The van der Waals surface area contributed by atoms with Gasteiger partial charge in [0.15, 0.2) is 0 Å². The monoisotopic (exact) mass is 236 g/mol. The molecule has 1 amide bonds. The van der Waals surface area contributed by atoms with Gasteiger partial charge in [0.2, 0.25) is 0 Å². The maximum Gasteiger partial charge on any atom is 0.412 e. The molecule has 1 rings (SSSR count). The summed E-state index contributed by atoms with van der Waals surface area (Å²) in [6, 6.07) is 6.82. The first-order valence-electron chi connectivity index (χ1n) is 5.18. The Hall–Kier alpha value is -2.04. The van der Waals surface area contributed by atoms with Gasteiger partial charge in [0, 0.05) is 5.69 Å². The molecule has 0 aliphatic carbocycles. The SMILES string of the molecule is CC(C)(C)OC(=O)Nc1ccc(/C=N\O)cc1. The van der Waals surface area contributed by atoms with Crippen LogP contribution in [0.1, 0.15) is 26.3 Å². The third-order valence-electron chi connectivity index (χ3n) is 1.76. The smallest absolute Gasteiger partial charge is 0.412 e. The summed E-state index contributed by atoms with van der Waals surface area (Å²) in [5.41, 5.74) is 0.838. The van der Waals surface area contributed by atoms with Gasteiger partial charge in [-0.3, -0.25) is 5.32 Å². The van der Waals surface area contributed by atoms with Crippen molar-refractivity contribution >= 4 is 18.0 Å². The van der Waals surface area contributed by atoms with Gasteiger partial charge in [-0.2, -0.15) is 0 Å². The van der Waals surface area contributed by atoms with Crippen molar-refractivity contribution in [2.45, 2.75) is 26.4 Å². The first-order valence-corrected chi connectivity index (χ1v) is 5.18. The molecule has 0 saturated carbocycles. The maximum absolute atomic E-state index is 11.4. The molecular weight excluding hydrogens is 220 g/mol. The molecule has 5 nitrogen and oxygen atoms in total. The van der Waals surface area contributed by atoms with Crippen LogP contribution in [0.5, 0.6) is 0 Å². The number of rotatable bonds is 2. The lowest BCUT2D eigenvalue weighted by molar-refractivity contribution is 0.0636. The molecule has 0 radical (unpaired) electrons. The Kier molecular flexibility index (Phi) is 4.09. The zero-order valence-corrected chi connectivity index (χ0v) is 10.1. The largest absolute Gasteiger partial charge is 0.444 e.